The number of non-ortho nitro benzene ring substituents is 1. The molecule has 3 aromatic rings. The van der Waals surface area contributed by atoms with Gasteiger partial charge in [0.1, 0.15) is 0 Å². The molecule has 26 heavy (non-hydrogen) atoms. The normalized spacial score (nSPS) is 11.0. The summed E-state index contributed by atoms with van der Waals surface area (Å²) < 4.78 is 5.75. The average molecular weight is 352 g/mol. The fourth-order valence-corrected chi connectivity index (χ4v) is 2.72. The first kappa shape index (κ1) is 17.8. The van der Waals surface area contributed by atoms with E-state index in [0.717, 1.165) is 19.5 Å². The van der Waals surface area contributed by atoms with Gasteiger partial charge in [-0.25, -0.2) is 0 Å². The Morgan fingerprint density at radius 2 is 1.77 bits per heavy atom. The summed E-state index contributed by atoms with van der Waals surface area (Å²) in [6, 6.07) is 16.3. The van der Waals surface area contributed by atoms with Gasteiger partial charge in [0.25, 0.3) is 5.69 Å². The molecule has 7 heteroatoms. The molecule has 0 radical (unpaired) electrons. The molecule has 3 rings (SSSR count). The smallest absolute Gasteiger partial charge is 0.269 e. The van der Waals surface area contributed by atoms with Gasteiger partial charge in [-0.3, -0.25) is 15.0 Å². The lowest BCUT2D eigenvalue weighted by atomic mass is 10.2. The number of aromatic nitrogens is 2. The maximum Gasteiger partial charge on any atom is 0.269 e. The molecule has 0 saturated heterocycles. The Bertz CT molecular complexity index is 847. The van der Waals surface area contributed by atoms with Crippen LogP contribution in [0.5, 0.6) is 0 Å². The molecule has 0 amide bonds. The van der Waals surface area contributed by atoms with E-state index >= 15 is 0 Å². The van der Waals surface area contributed by atoms with E-state index in [1.54, 1.807) is 12.1 Å². The predicted octanol–water partition coefficient (Wildman–Crippen LogP) is 4.06. The highest BCUT2D eigenvalue weighted by Crippen LogP contribution is 2.22. The lowest BCUT2D eigenvalue weighted by Crippen LogP contribution is -2.23. The number of rotatable bonds is 8. The quantitative estimate of drug-likeness (QED) is 0.449. The molecule has 0 unspecified atom stereocenters. The van der Waals surface area contributed by atoms with Gasteiger partial charge in [0.2, 0.25) is 11.8 Å². The molecule has 2 aromatic carbocycles. The second-order valence-corrected chi connectivity index (χ2v) is 6.00. The predicted molar refractivity (Wildman–Crippen MR) is 97.2 cm³/mol. The molecule has 0 fully saturated rings. The molecule has 0 N–H and O–H groups in total. The fraction of sp³-hybridized carbons (Fsp3) is 0.263. The highest BCUT2D eigenvalue weighted by Gasteiger charge is 2.14. The molecule has 0 aliphatic rings. The lowest BCUT2D eigenvalue weighted by Gasteiger charge is -2.19. The zero-order valence-electron chi connectivity index (χ0n) is 14.5. The van der Waals surface area contributed by atoms with Gasteiger partial charge in [-0.15, -0.1) is 10.2 Å². The van der Waals surface area contributed by atoms with Crippen molar-refractivity contribution in [1.29, 1.82) is 0 Å². The van der Waals surface area contributed by atoms with Crippen LogP contribution in [0.25, 0.3) is 11.5 Å². The van der Waals surface area contributed by atoms with E-state index in [4.69, 9.17) is 4.42 Å². The van der Waals surface area contributed by atoms with Crippen LogP contribution in [0.1, 0.15) is 24.8 Å². The van der Waals surface area contributed by atoms with Crippen LogP contribution in [-0.4, -0.2) is 26.6 Å². The first-order valence-electron chi connectivity index (χ1n) is 8.49. The molecule has 0 aliphatic carbocycles. The largest absolute Gasteiger partial charge is 0.419 e. The Labute approximate surface area is 151 Å². The number of benzene rings is 2. The maximum atomic E-state index is 10.7. The summed E-state index contributed by atoms with van der Waals surface area (Å²) in [4.78, 5) is 12.6. The Hall–Kier alpha value is -3.06. The Balaban J connectivity index is 1.70. The summed E-state index contributed by atoms with van der Waals surface area (Å²) in [5.74, 6) is 0.897. The van der Waals surface area contributed by atoms with Crippen molar-refractivity contribution < 1.29 is 9.34 Å². The van der Waals surface area contributed by atoms with Gasteiger partial charge in [-0.2, -0.15) is 0 Å². The van der Waals surface area contributed by atoms with Crippen LogP contribution in [0.4, 0.5) is 5.69 Å². The number of hydrogen-bond acceptors (Lipinski definition) is 6. The molecule has 0 aliphatic heterocycles. The molecule has 134 valence electrons. The molecular weight excluding hydrogens is 332 g/mol. The van der Waals surface area contributed by atoms with E-state index in [2.05, 4.69) is 34.2 Å². The van der Waals surface area contributed by atoms with Crippen molar-refractivity contribution in [3.8, 4) is 11.5 Å². The molecule has 0 spiro atoms. The molecule has 0 atom stereocenters. The lowest BCUT2D eigenvalue weighted by molar-refractivity contribution is -0.384. The summed E-state index contributed by atoms with van der Waals surface area (Å²) in [5, 5.41) is 18.9. The number of nitro groups is 1. The van der Waals surface area contributed by atoms with Crippen LogP contribution in [0.2, 0.25) is 0 Å². The Kier molecular flexibility index (Phi) is 5.70. The van der Waals surface area contributed by atoms with Gasteiger partial charge < -0.3 is 4.42 Å². The third-order valence-electron chi connectivity index (χ3n) is 3.94. The molecular formula is C19H20N4O3. The van der Waals surface area contributed by atoms with Crippen LogP contribution in [-0.2, 0) is 13.1 Å². The van der Waals surface area contributed by atoms with Gasteiger partial charge in [0.05, 0.1) is 11.5 Å². The number of nitro benzene ring substituents is 1. The molecule has 0 bridgehead atoms. The second-order valence-electron chi connectivity index (χ2n) is 6.00. The van der Waals surface area contributed by atoms with Crippen molar-refractivity contribution in [3.63, 3.8) is 0 Å². The second kappa shape index (κ2) is 8.35. The average Bonchev–Trinajstić information content (AvgIpc) is 3.11. The summed E-state index contributed by atoms with van der Waals surface area (Å²) in [5.41, 5.74) is 1.93. The van der Waals surface area contributed by atoms with Crippen LogP contribution in [0, 0.1) is 10.1 Å². The minimum Gasteiger partial charge on any atom is -0.419 e. The van der Waals surface area contributed by atoms with E-state index in [9.17, 15) is 10.1 Å². The van der Waals surface area contributed by atoms with Gasteiger partial charge in [0, 0.05) is 24.2 Å². The number of nitrogens with zero attached hydrogens (tertiary/aromatic N) is 4. The summed E-state index contributed by atoms with van der Waals surface area (Å²) in [7, 11) is 0. The zero-order chi connectivity index (χ0) is 18.4. The summed E-state index contributed by atoms with van der Waals surface area (Å²) >= 11 is 0. The first-order valence-corrected chi connectivity index (χ1v) is 8.49. The minimum atomic E-state index is -0.435. The SMILES string of the molecule is CCCN(Cc1ccccc1)Cc1nnc(-c2ccc([N+](=O)[O-])cc2)o1. The highest BCUT2D eigenvalue weighted by molar-refractivity contribution is 5.55. The van der Waals surface area contributed by atoms with Gasteiger partial charge >= 0.3 is 0 Å². The van der Waals surface area contributed by atoms with Gasteiger partial charge in [-0.1, -0.05) is 37.3 Å². The monoisotopic (exact) mass is 352 g/mol. The van der Waals surface area contributed by atoms with E-state index < -0.39 is 4.92 Å². The fourth-order valence-electron chi connectivity index (χ4n) is 2.72. The van der Waals surface area contributed by atoms with Gasteiger partial charge in [-0.05, 0) is 30.7 Å². The van der Waals surface area contributed by atoms with E-state index in [1.807, 2.05) is 18.2 Å². The van der Waals surface area contributed by atoms with Crippen LogP contribution in [0.3, 0.4) is 0 Å². The Morgan fingerprint density at radius 1 is 1.04 bits per heavy atom. The highest BCUT2D eigenvalue weighted by atomic mass is 16.6. The third kappa shape index (κ3) is 4.52. The maximum absolute atomic E-state index is 10.7. The zero-order valence-corrected chi connectivity index (χ0v) is 14.5. The molecule has 1 heterocycles. The molecule has 1 aromatic heterocycles. The first-order chi connectivity index (χ1) is 12.7. The number of hydrogen-bond donors (Lipinski definition) is 0. The minimum absolute atomic E-state index is 0.0328. The van der Waals surface area contributed by atoms with Gasteiger partial charge in [0.15, 0.2) is 0 Å². The Morgan fingerprint density at radius 3 is 2.42 bits per heavy atom. The van der Waals surface area contributed by atoms with E-state index in [-0.39, 0.29) is 5.69 Å². The topological polar surface area (TPSA) is 85.3 Å². The van der Waals surface area contributed by atoms with E-state index in [0.29, 0.717) is 23.9 Å². The third-order valence-corrected chi connectivity index (χ3v) is 3.94. The van der Waals surface area contributed by atoms with Crippen molar-refractivity contribution in [3.05, 3.63) is 76.2 Å². The van der Waals surface area contributed by atoms with E-state index in [1.165, 1.54) is 17.7 Å². The summed E-state index contributed by atoms with van der Waals surface area (Å²) in [6.45, 7) is 4.42. The van der Waals surface area contributed by atoms with Crippen LogP contribution < -0.4 is 0 Å². The van der Waals surface area contributed by atoms with Crippen LogP contribution in [0.15, 0.2) is 59.0 Å². The molecule has 0 saturated carbocycles. The van der Waals surface area contributed by atoms with Crippen molar-refractivity contribution in [2.24, 2.45) is 0 Å². The van der Waals surface area contributed by atoms with Crippen molar-refractivity contribution in [2.75, 3.05) is 6.54 Å². The van der Waals surface area contributed by atoms with Crippen molar-refractivity contribution in [1.82, 2.24) is 15.1 Å². The summed E-state index contributed by atoms with van der Waals surface area (Å²) in [6.07, 6.45) is 1.02. The van der Waals surface area contributed by atoms with Crippen molar-refractivity contribution in [2.45, 2.75) is 26.4 Å². The van der Waals surface area contributed by atoms with Crippen LogP contribution >= 0.6 is 0 Å². The molecule has 7 nitrogen and oxygen atoms in total. The van der Waals surface area contributed by atoms with Crippen molar-refractivity contribution >= 4 is 5.69 Å². The standard InChI is InChI=1S/C19H20N4O3/c1-2-12-22(13-15-6-4-3-5-7-15)14-18-20-21-19(26-18)16-8-10-17(11-9-16)23(24)25/h3-11H,2,12-14H2,1H3.